The van der Waals surface area contributed by atoms with Crippen molar-refractivity contribution in [1.82, 2.24) is 5.32 Å². The van der Waals surface area contributed by atoms with Gasteiger partial charge in [-0.05, 0) is 37.6 Å². The van der Waals surface area contributed by atoms with Crippen LogP contribution in [-0.4, -0.2) is 12.5 Å². The van der Waals surface area contributed by atoms with E-state index in [0.717, 1.165) is 24.6 Å². The van der Waals surface area contributed by atoms with Gasteiger partial charge in [-0.15, -0.1) is 0 Å². The Bertz CT molecular complexity index is 437. The van der Waals surface area contributed by atoms with Gasteiger partial charge in [0.05, 0.1) is 5.92 Å². The lowest BCUT2D eigenvalue weighted by atomic mass is 9.85. The van der Waals surface area contributed by atoms with Crippen LogP contribution in [0.2, 0.25) is 0 Å². The van der Waals surface area contributed by atoms with Gasteiger partial charge in [0.2, 0.25) is 5.91 Å². The first-order valence-electron chi connectivity index (χ1n) is 5.57. The standard InChI is InChI=1S/C12H14F2N2O/c13-7-3-4-10(14)9(6-7)11-8(12(15)17)2-1-5-16-11/h3-4,6,8,11,16H,1-2,5H2,(H2,15,17). The number of primary amides is 1. The number of carbonyl (C=O) groups excluding carboxylic acids is 1. The van der Waals surface area contributed by atoms with Crippen LogP contribution in [0.4, 0.5) is 8.78 Å². The van der Waals surface area contributed by atoms with E-state index in [1.807, 2.05) is 0 Å². The van der Waals surface area contributed by atoms with E-state index in [-0.39, 0.29) is 5.56 Å². The van der Waals surface area contributed by atoms with Gasteiger partial charge in [0.15, 0.2) is 0 Å². The highest BCUT2D eigenvalue weighted by Gasteiger charge is 2.32. The van der Waals surface area contributed by atoms with Gasteiger partial charge in [-0.1, -0.05) is 0 Å². The molecule has 3 nitrogen and oxygen atoms in total. The van der Waals surface area contributed by atoms with Gasteiger partial charge in [0.1, 0.15) is 11.6 Å². The molecule has 1 fully saturated rings. The van der Waals surface area contributed by atoms with E-state index in [0.29, 0.717) is 13.0 Å². The maximum absolute atomic E-state index is 13.6. The van der Waals surface area contributed by atoms with Gasteiger partial charge in [-0.25, -0.2) is 8.78 Å². The van der Waals surface area contributed by atoms with Crippen LogP contribution in [0.3, 0.4) is 0 Å². The normalized spacial score (nSPS) is 24.6. The topological polar surface area (TPSA) is 55.1 Å². The molecule has 17 heavy (non-hydrogen) atoms. The molecule has 1 heterocycles. The first kappa shape index (κ1) is 12.0. The van der Waals surface area contributed by atoms with Crippen molar-refractivity contribution in [3.05, 3.63) is 35.4 Å². The van der Waals surface area contributed by atoms with Crippen LogP contribution in [0.5, 0.6) is 0 Å². The highest BCUT2D eigenvalue weighted by molar-refractivity contribution is 5.77. The number of rotatable bonds is 2. The van der Waals surface area contributed by atoms with Gasteiger partial charge < -0.3 is 11.1 Å². The van der Waals surface area contributed by atoms with E-state index in [4.69, 9.17) is 5.73 Å². The van der Waals surface area contributed by atoms with E-state index in [9.17, 15) is 13.6 Å². The number of nitrogens with one attached hydrogen (secondary N) is 1. The van der Waals surface area contributed by atoms with Crippen LogP contribution >= 0.6 is 0 Å². The van der Waals surface area contributed by atoms with Crippen molar-refractivity contribution in [3.8, 4) is 0 Å². The molecule has 1 amide bonds. The maximum Gasteiger partial charge on any atom is 0.222 e. The van der Waals surface area contributed by atoms with Gasteiger partial charge >= 0.3 is 0 Å². The van der Waals surface area contributed by atoms with Crippen molar-refractivity contribution in [2.45, 2.75) is 18.9 Å². The van der Waals surface area contributed by atoms with E-state index < -0.39 is 29.5 Å². The minimum Gasteiger partial charge on any atom is -0.369 e. The fourth-order valence-corrected chi connectivity index (χ4v) is 2.27. The van der Waals surface area contributed by atoms with Crippen LogP contribution in [-0.2, 0) is 4.79 Å². The molecule has 2 unspecified atom stereocenters. The zero-order valence-electron chi connectivity index (χ0n) is 9.25. The van der Waals surface area contributed by atoms with Crippen molar-refractivity contribution in [2.24, 2.45) is 11.7 Å². The summed E-state index contributed by atoms with van der Waals surface area (Å²) in [6, 6.07) is 2.71. The largest absolute Gasteiger partial charge is 0.369 e. The minimum atomic E-state index is -0.531. The SMILES string of the molecule is NC(=O)C1CCCNC1c1cc(F)ccc1F. The highest BCUT2D eigenvalue weighted by atomic mass is 19.1. The van der Waals surface area contributed by atoms with Crippen molar-refractivity contribution in [2.75, 3.05) is 6.54 Å². The lowest BCUT2D eigenvalue weighted by molar-refractivity contribution is -0.123. The van der Waals surface area contributed by atoms with E-state index in [1.165, 1.54) is 0 Å². The Morgan fingerprint density at radius 3 is 2.88 bits per heavy atom. The second-order valence-electron chi connectivity index (χ2n) is 4.25. The summed E-state index contributed by atoms with van der Waals surface area (Å²) < 4.78 is 26.8. The predicted octanol–water partition coefficient (Wildman–Crippen LogP) is 1.49. The molecule has 0 bridgehead atoms. The Labute approximate surface area is 98.0 Å². The third-order valence-electron chi connectivity index (χ3n) is 3.12. The molecule has 1 aromatic rings. The number of piperidine rings is 1. The number of carbonyl (C=O) groups is 1. The van der Waals surface area contributed by atoms with Crippen molar-refractivity contribution < 1.29 is 13.6 Å². The predicted molar refractivity (Wildman–Crippen MR) is 59.0 cm³/mol. The molecule has 1 aromatic carbocycles. The second-order valence-corrected chi connectivity index (χ2v) is 4.25. The zero-order valence-corrected chi connectivity index (χ0v) is 9.25. The molecule has 3 N–H and O–H groups in total. The Balaban J connectivity index is 2.35. The summed E-state index contributed by atoms with van der Waals surface area (Å²) in [6.45, 7) is 0.671. The summed E-state index contributed by atoms with van der Waals surface area (Å²) in [6.07, 6.45) is 1.41. The average molecular weight is 240 g/mol. The number of nitrogens with two attached hydrogens (primary N) is 1. The lowest BCUT2D eigenvalue weighted by Gasteiger charge is -2.31. The Kier molecular flexibility index (Phi) is 3.38. The summed E-state index contributed by atoms with van der Waals surface area (Å²) in [4.78, 5) is 11.3. The van der Waals surface area contributed by atoms with Crippen molar-refractivity contribution >= 4 is 5.91 Å². The molecule has 1 saturated heterocycles. The van der Waals surface area contributed by atoms with Crippen LogP contribution in [0.1, 0.15) is 24.4 Å². The first-order chi connectivity index (χ1) is 8.09. The Morgan fingerprint density at radius 1 is 1.41 bits per heavy atom. The molecule has 92 valence electrons. The Morgan fingerprint density at radius 2 is 2.18 bits per heavy atom. The Hall–Kier alpha value is -1.49. The van der Waals surface area contributed by atoms with Gasteiger partial charge in [-0.2, -0.15) is 0 Å². The molecule has 1 aliphatic rings. The number of hydrogen-bond donors (Lipinski definition) is 2. The van der Waals surface area contributed by atoms with E-state index in [2.05, 4.69) is 5.32 Å². The van der Waals surface area contributed by atoms with Crippen LogP contribution in [0.15, 0.2) is 18.2 Å². The van der Waals surface area contributed by atoms with Crippen molar-refractivity contribution in [1.29, 1.82) is 0 Å². The molecular formula is C12H14F2N2O. The maximum atomic E-state index is 13.6. The fourth-order valence-electron chi connectivity index (χ4n) is 2.27. The molecular weight excluding hydrogens is 226 g/mol. The summed E-state index contributed by atoms with van der Waals surface area (Å²) in [7, 11) is 0. The second kappa shape index (κ2) is 4.79. The first-order valence-corrected chi connectivity index (χ1v) is 5.57. The monoisotopic (exact) mass is 240 g/mol. The van der Waals surface area contributed by atoms with Crippen LogP contribution in [0.25, 0.3) is 0 Å². The van der Waals surface area contributed by atoms with Crippen LogP contribution in [0, 0.1) is 17.6 Å². The summed E-state index contributed by atoms with van der Waals surface area (Å²) >= 11 is 0. The summed E-state index contributed by atoms with van der Waals surface area (Å²) in [5.74, 6) is -2.00. The van der Waals surface area contributed by atoms with E-state index >= 15 is 0 Å². The smallest absolute Gasteiger partial charge is 0.222 e. The molecule has 2 atom stereocenters. The number of amides is 1. The molecule has 5 heteroatoms. The number of halogens is 2. The molecule has 0 aromatic heterocycles. The fraction of sp³-hybridized carbons (Fsp3) is 0.417. The minimum absolute atomic E-state index is 0.175. The van der Waals surface area contributed by atoms with E-state index in [1.54, 1.807) is 0 Å². The number of benzene rings is 1. The molecule has 0 saturated carbocycles. The van der Waals surface area contributed by atoms with Crippen molar-refractivity contribution in [3.63, 3.8) is 0 Å². The van der Waals surface area contributed by atoms with Gasteiger partial charge in [0, 0.05) is 11.6 Å². The third-order valence-corrected chi connectivity index (χ3v) is 3.12. The van der Waals surface area contributed by atoms with Gasteiger partial charge in [-0.3, -0.25) is 4.79 Å². The molecule has 1 aliphatic heterocycles. The lowest BCUT2D eigenvalue weighted by Crippen LogP contribution is -2.41. The molecule has 2 rings (SSSR count). The number of hydrogen-bond acceptors (Lipinski definition) is 2. The molecule has 0 spiro atoms. The summed E-state index contributed by atoms with van der Waals surface area (Å²) in [5.41, 5.74) is 5.46. The average Bonchev–Trinajstić information content (AvgIpc) is 2.32. The highest BCUT2D eigenvalue weighted by Crippen LogP contribution is 2.30. The van der Waals surface area contributed by atoms with Gasteiger partial charge in [0.25, 0.3) is 0 Å². The quantitative estimate of drug-likeness (QED) is 0.823. The molecule has 0 radical (unpaired) electrons. The van der Waals surface area contributed by atoms with Crippen LogP contribution < -0.4 is 11.1 Å². The molecule has 0 aliphatic carbocycles. The summed E-state index contributed by atoms with van der Waals surface area (Å²) in [5, 5.41) is 3.03. The third kappa shape index (κ3) is 2.44. The zero-order chi connectivity index (χ0) is 12.4.